The number of carbonyl (C=O) groups is 1. The number of aromatic hydroxyl groups is 2. The average molecular weight is 331 g/mol. The molecule has 0 bridgehead atoms. The largest absolute Gasteiger partial charge is 0.504 e. The summed E-state index contributed by atoms with van der Waals surface area (Å²) >= 11 is 1.56. The summed E-state index contributed by atoms with van der Waals surface area (Å²) in [5, 5.41) is 18.0. The second-order valence-corrected chi connectivity index (χ2v) is 8.31. The van der Waals surface area contributed by atoms with Crippen molar-refractivity contribution in [2.24, 2.45) is 0 Å². The quantitative estimate of drug-likeness (QED) is 0.619. The minimum atomic E-state index is -3.25. The smallest absolute Gasteiger partial charge is 0.176 e. The highest BCUT2D eigenvalue weighted by Crippen LogP contribution is 2.26. The summed E-state index contributed by atoms with van der Waals surface area (Å²) in [6.45, 7) is 0.501. The Balaban J connectivity index is 2.15. The van der Waals surface area contributed by atoms with E-state index >= 15 is 0 Å². The van der Waals surface area contributed by atoms with Crippen LogP contribution in [0.1, 0.15) is 10.4 Å². The summed E-state index contributed by atoms with van der Waals surface area (Å²) < 4.78 is 23.5. The monoisotopic (exact) mass is 331 g/mol. The molecule has 0 aromatic heterocycles. The van der Waals surface area contributed by atoms with E-state index in [9.17, 15) is 23.4 Å². The number of hydrogen-bond donors (Lipinski definition) is 2. The van der Waals surface area contributed by atoms with Crippen LogP contribution in [-0.4, -0.2) is 65.5 Å². The molecular weight excluding hydrogens is 314 g/mol. The maximum Gasteiger partial charge on any atom is 0.176 e. The normalized spacial score (nSPS) is 20.3. The molecule has 2 N–H and O–H groups in total. The summed E-state index contributed by atoms with van der Waals surface area (Å²) in [5.74, 6) is 0.281. The fourth-order valence-electron chi connectivity index (χ4n) is 2.16. The Labute approximate surface area is 127 Å². The topological polar surface area (TPSA) is 94.9 Å². The minimum absolute atomic E-state index is 0.0253. The van der Waals surface area contributed by atoms with Crippen LogP contribution in [0.2, 0.25) is 0 Å². The van der Waals surface area contributed by atoms with Crippen LogP contribution in [0.5, 0.6) is 11.5 Å². The van der Waals surface area contributed by atoms with Crippen LogP contribution in [0, 0.1) is 0 Å². The molecule has 1 aromatic rings. The van der Waals surface area contributed by atoms with Gasteiger partial charge in [0.25, 0.3) is 0 Å². The molecule has 1 atom stereocenters. The summed E-state index contributed by atoms with van der Waals surface area (Å²) in [6, 6.07) is 3.83. The van der Waals surface area contributed by atoms with Gasteiger partial charge in [0.1, 0.15) is 5.37 Å². The van der Waals surface area contributed by atoms with E-state index < -0.39 is 15.2 Å². The highest BCUT2D eigenvalue weighted by molar-refractivity contribution is 8.00. The molecule has 0 saturated carbocycles. The molecule has 0 amide bonds. The van der Waals surface area contributed by atoms with Crippen molar-refractivity contribution < 1.29 is 23.4 Å². The van der Waals surface area contributed by atoms with Crippen molar-refractivity contribution in [3.05, 3.63) is 23.8 Å². The molecule has 0 radical (unpaired) electrons. The Bertz CT molecular complexity index is 644. The lowest BCUT2D eigenvalue weighted by Crippen LogP contribution is -2.48. The van der Waals surface area contributed by atoms with Crippen molar-refractivity contribution in [2.45, 2.75) is 5.37 Å². The highest BCUT2D eigenvalue weighted by atomic mass is 32.2. The third-order valence-corrected chi connectivity index (χ3v) is 6.02. The molecule has 1 aromatic carbocycles. The Morgan fingerprint density at radius 3 is 2.71 bits per heavy atom. The number of phenolic OH excluding ortho intramolecular Hbond substituents is 2. The van der Waals surface area contributed by atoms with E-state index in [4.69, 9.17) is 0 Å². The van der Waals surface area contributed by atoms with Gasteiger partial charge in [-0.1, -0.05) is 0 Å². The van der Waals surface area contributed by atoms with Gasteiger partial charge in [-0.15, -0.1) is 0 Å². The lowest BCUT2D eigenvalue weighted by atomic mass is 10.1. The molecule has 2 rings (SSSR count). The SMILES string of the molecule is CS(=O)(=O)C1CSCCN1CC(=O)c1ccc(O)c(O)c1. The molecule has 1 heterocycles. The van der Waals surface area contributed by atoms with Crippen molar-refractivity contribution in [1.29, 1.82) is 0 Å². The molecule has 0 aliphatic carbocycles. The van der Waals surface area contributed by atoms with Crippen LogP contribution in [0.25, 0.3) is 0 Å². The van der Waals surface area contributed by atoms with Crippen LogP contribution in [0.3, 0.4) is 0 Å². The number of phenols is 2. The number of rotatable bonds is 4. The van der Waals surface area contributed by atoms with Crippen molar-refractivity contribution in [3.63, 3.8) is 0 Å². The van der Waals surface area contributed by atoms with E-state index in [2.05, 4.69) is 0 Å². The molecule has 21 heavy (non-hydrogen) atoms. The van der Waals surface area contributed by atoms with Crippen LogP contribution >= 0.6 is 11.8 Å². The molecule has 8 heteroatoms. The maximum atomic E-state index is 12.2. The van der Waals surface area contributed by atoms with Crippen molar-refractivity contribution in [3.8, 4) is 11.5 Å². The molecule has 1 fully saturated rings. The van der Waals surface area contributed by atoms with Gasteiger partial charge in [0.15, 0.2) is 27.1 Å². The Kier molecular flexibility index (Phi) is 4.80. The van der Waals surface area contributed by atoms with Gasteiger partial charge < -0.3 is 10.2 Å². The van der Waals surface area contributed by atoms with Gasteiger partial charge in [-0.05, 0) is 18.2 Å². The fourth-order valence-corrected chi connectivity index (χ4v) is 5.10. The van der Waals surface area contributed by atoms with Crippen LogP contribution in [-0.2, 0) is 9.84 Å². The van der Waals surface area contributed by atoms with Gasteiger partial charge in [0, 0.05) is 29.9 Å². The van der Waals surface area contributed by atoms with E-state index in [1.165, 1.54) is 24.5 Å². The predicted octanol–water partition coefficient (Wildman–Crippen LogP) is 0.700. The summed E-state index contributed by atoms with van der Waals surface area (Å²) in [4.78, 5) is 13.9. The number of ketones is 1. The molecule has 0 spiro atoms. The Morgan fingerprint density at radius 1 is 1.38 bits per heavy atom. The average Bonchev–Trinajstić information content (AvgIpc) is 2.41. The maximum absolute atomic E-state index is 12.2. The summed E-state index contributed by atoms with van der Waals surface area (Å²) in [7, 11) is -3.25. The number of carbonyl (C=O) groups excluding carboxylic acids is 1. The van der Waals surface area contributed by atoms with Gasteiger partial charge in [0.2, 0.25) is 0 Å². The first kappa shape index (κ1) is 16.1. The second-order valence-electron chi connectivity index (χ2n) is 4.96. The number of thioether (sulfide) groups is 1. The van der Waals surface area contributed by atoms with E-state index in [0.717, 1.165) is 5.75 Å². The zero-order chi connectivity index (χ0) is 15.6. The van der Waals surface area contributed by atoms with E-state index in [1.54, 1.807) is 16.7 Å². The zero-order valence-electron chi connectivity index (χ0n) is 11.5. The van der Waals surface area contributed by atoms with Gasteiger partial charge in [-0.25, -0.2) is 8.42 Å². The molecule has 1 unspecified atom stereocenters. The van der Waals surface area contributed by atoms with Crippen molar-refractivity contribution in [2.75, 3.05) is 30.9 Å². The van der Waals surface area contributed by atoms with E-state index in [1.807, 2.05) is 0 Å². The zero-order valence-corrected chi connectivity index (χ0v) is 13.2. The second kappa shape index (κ2) is 6.25. The highest BCUT2D eigenvalue weighted by Gasteiger charge is 2.32. The fraction of sp³-hybridized carbons (Fsp3) is 0.462. The van der Waals surface area contributed by atoms with E-state index in [-0.39, 0.29) is 29.4 Å². The number of nitrogens with zero attached hydrogens (tertiary/aromatic N) is 1. The first-order chi connectivity index (χ1) is 9.79. The molecule has 1 aliphatic rings. The lowest BCUT2D eigenvalue weighted by Gasteiger charge is -2.33. The first-order valence-corrected chi connectivity index (χ1v) is 9.46. The summed E-state index contributed by atoms with van der Waals surface area (Å²) in [6.07, 6.45) is 1.17. The third kappa shape index (κ3) is 3.90. The van der Waals surface area contributed by atoms with Crippen molar-refractivity contribution in [1.82, 2.24) is 4.90 Å². The Morgan fingerprint density at radius 2 is 2.10 bits per heavy atom. The molecular formula is C13H17NO5S2. The van der Waals surface area contributed by atoms with Crippen molar-refractivity contribution >= 4 is 27.4 Å². The van der Waals surface area contributed by atoms with Crippen LogP contribution < -0.4 is 0 Å². The van der Waals surface area contributed by atoms with Gasteiger partial charge in [-0.2, -0.15) is 11.8 Å². The number of benzene rings is 1. The number of Topliss-reactive ketones (excluding diaryl/α,β-unsaturated/α-hetero) is 1. The predicted molar refractivity (Wildman–Crippen MR) is 81.6 cm³/mol. The molecule has 1 saturated heterocycles. The molecule has 6 nitrogen and oxygen atoms in total. The third-order valence-electron chi connectivity index (χ3n) is 3.33. The standard InChI is InChI=1S/C13H17NO5S2/c1-21(18,19)13-8-20-5-4-14(13)7-12(17)9-2-3-10(15)11(16)6-9/h2-3,6,13,15-16H,4-5,7-8H2,1H3. The Hall–Kier alpha value is -1.25. The summed E-state index contributed by atoms with van der Waals surface area (Å²) in [5.41, 5.74) is 0.246. The molecule has 1 aliphatic heterocycles. The van der Waals surface area contributed by atoms with Gasteiger partial charge in [-0.3, -0.25) is 9.69 Å². The lowest BCUT2D eigenvalue weighted by molar-refractivity contribution is 0.0928. The van der Waals surface area contributed by atoms with E-state index in [0.29, 0.717) is 12.3 Å². The van der Waals surface area contributed by atoms with Gasteiger partial charge in [0.05, 0.1) is 6.54 Å². The minimum Gasteiger partial charge on any atom is -0.504 e. The first-order valence-electron chi connectivity index (χ1n) is 6.35. The van der Waals surface area contributed by atoms with Crippen LogP contribution in [0.4, 0.5) is 0 Å². The molecule has 116 valence electrons. The van der Waals surface area contributed by atoms with Crippen LogP contribution in [0.15, 0.2) is 18.2 Å². The number of hydrogen-bond acceptors (Lipinski definition) is 7. The number of sulfone groups is 1. The van der Waals surface area contributed by atoms with Gasteiger partial charge >= 0.3 is 0 Å².